The predicted octanol–water partition coefficient (Wildman–Crippen LogP) is 3.84. The Morgan fingerprint density at radius 3 is 2.65 bits per heavy atom. The molecule has 0 spiro atoms. The van der Waals surface area contributed by atoms with E-state index >= 15 is 0 Å². The molecule has 0 aliphatic carbocycles. The van der Waals surface area contributed by atoms with E-state index in [0.29, 0.717) is 0 Å². The molecule has 3 aromatic rings. The number of aromatic nitrogens is 2. The second-order valence-corrected chi connectivity index (χ2v) is 5.24. The molecule has 0 aliphatic heterocycles. The van der Waals surface area contributed by atoms with Gasteiger partial charge in [0.1, 0.15) is 5.82 Å². The average Bonchev–Trinajstić information content (AvgIpc) is 2.68. The molecule has 0 saturated heterocycles. The molecule has 0 fully saturated rings. The molecule has 0 radical (unpaired) electrons. The van der Waals surface area contributed by atoms with E-state index in [4.69, 9.17) is 0 Å². The van der Waals surface area contributed by atoms with E-state index in [2.05, 4.69) is 69.5 Å². The van der Waals surface area contributed by atoms with Crippen molar-refractivity contribution in [2.75, 3.05) is 0 Å². The highest BCUT2D eigenvalue weighted by Gasteiger charge is 2.08. The van der Waals surface area contributed by atoms with E-state index < -0.39 is 0 Å². The summed E-state index contributed by atoms with van der Waals surface area (Å²) in [4.78, 5) is 4.68. The van der Waals surface area contributed by atoms with Crippen LogP contribution in [0, 0.1) is 3.57 Å². The Morgan fingerprint density at radius 2 is 1.88 bits per heavy atom. The van der Waals surface area contributed by atoms with Crippen molar-refractivity contribution in [3.63, 3.8) is 0 Å². The number of imidazole rings is 1. The van der Waals surface area contributed by atoms with Crippen molar-refractivity contribution in [2.24, 2.45) is 7.05 Å². The number of hydrogen-bond donors (Lipinski definition) is 0. The van der Waals surface area contributed by atoms with Gasteiger partial charge >= 0.3 is 0 Å². The summed E-state index contributed by atoms with van der Waals surface area (Å²) in [7, 11) is 2.06. The highest BCUT2D eigenvalue weighted by atomic mass is 127. The number of rotatable bonds is 1. The predicted molar refractivity (Wildman–Crippen MR) is 78.9 cm³/mol. The van der Waals surface area contributed by atoms with E-state index in [1.54, 1.807) is 0 Å². The molecule has 2 aromatic carbocycles. The molecular formula is C14H11IN2. The normalized spacial score (nSPS) is 10.9. The Morgan fingerprint density at radius 1 is 1.06 bits per heavy atom. The second kappa shape index (κ2) is 4.14. The number of benzene rings is 2. The fraction of sp³-hybridized carbons (Fsp3) is 0.0714. The molecule has 2 nitrogen and oxygen atoms in total. The van der Waals surface area contributed by atoms with Crippen molar-refractivity contribution in [1.29, 1.82) is 0 Å². The zero-order chi connectivity index (χ0) is 11.8. The maximum atomic E-state index is 4.68. The monoisotopic (exact) mass is 334 g/mol. The van der Waals surface area contributed by atoms with Crippen LogP contribution in [0.5, 0.6) is 0 Å². The van der Waals surface area contributed by atoms with Gasteiger partial charge in [-0.1, -0.05) is 24.3 Å². The van der Waals surface area contributed by atoms with Gasteiger partial charge in [-0.2, -0.15) is 0 Å². The zero-order valence-corrected chi connectivity index (χ0v) is 11.5. The first-order valence-corrected chi connectivity index (χ1v) is 6.51. The molecule has 1 aromatic heterocycles. The summed E-state index contributed by atoms with van der Waals surface area (Å²) >= 11 is 2.33. The lowest BCUT2D eigenvalue weighted by molar-refractivity contribution is 0.959. The van der Waals surface area contributed by atoms with Gasteiger partial charge in [0.15, 0.2) is 0 Å². The van der Waals surface area contributed by atoms with Crippen molar-refractivity contribution < 1.29 is 0 Å². The number of hydrogen-bond acceptors (Lipinski definition) is 1. The molecule has 0 unspecified atom stereocenters. The smallest absolute Gasteiger partial charge is 0.140 e. The Hall–Kier alpha value is -1.36. The van der Waals surface area contributed by atoms with Crippen molar-refractivity contribution in [1.82, 2.24) is 9.55 Å². The SMILES string of the molecule is Cn1c(-c2cccc(I)c2)nc2ccccc21. The standard InChI is InChI=1S/C14H11IN2/c1-17-13-8-3-2-7-12(13)16-14(17)10-5-4-6-11(15)9-10/h2-9H,1H3. The summed E-state index contributed by atoms with van der Waals surface area (Å²) < 4.78 is 3.37. The summed E-state index contributed by atoms with van der Waals surface area (Å²) in [5.41, 5.74) is 3.38. The Balaban J connectivity index is 2.27. The van der Waals surface area contributed by atoms with Gasteiger partial charge < -0.3 is 4.57 Å². The van der Waals surface area contributed by atoms with Crippen LogP contribution in [0.2, 0.25) is 0 Å². The van der Waals surface area contributed by atoms with Crippen LogP contribution in [0.3, 0.4) is 0 Å². The quantitative estimate of drug-likeness (QED) is 0.618. The van der Waals surface area contributed by atoms with Crippen molar-refractivity contribution >= 4 is 33.6 Å². The zero-order valence-electron chi connectivity index (χ0n) is 9.39. The van der Waals surface area contributed by atoms with Gasteiger partial charge in [-0.05, 0) is 46.9 Å². The van der Waals surface area contributed by atoms with Crippen LogP contribution in [0.4, 0.5) is 0 Å². The molecule has 17 heavy (non-hydrogen) atoms. The van der Waals surface area contributed by atoms with Gasteiger partial charge in [0.25, 0.3) is 0 Å². The maximum absolute atomic E-state index is 4.68. The van der Waals surface area contributed by atoms with Crippen molar-refractivity contribution in [2.45, 2.75) is 0 Å². The topological polar surface area (TPSA) is 17.8 Å². The number of para-hydroxylation sites is 2. The molecule has 0 aliphatic rings. The maximum Gasteiger partial charge on any atom is 0.140 e. The lowest BCUT2D eigenvalue weighted by Gasteiger charge is -2.02. The largest absolute Gasteiger partial charge is 0.327 e. The second-order valence-electron chi connectivity index (χ2n) is 3.99. The molecule has 3 heteroatoms. The third-order valence-electron chi connectivity index (χ3n) is 2.87. The van der Waals surface area contributed by atoms with E-state index in [9.17, 15) is 0 Å². The summed E-state index contributed by atoms with van der Waals surface area (Å²) in [6, 6.07) is 16.6. The Labute approximate surface area is 113 Å². The minimum Gasteiger partial charge on any atom is -0.327 e. The molecule has 0 N–H and O–H groups in total. The third-order valence-corrected chi connectivity index (χ3v) is 3.54. The lowest BCUT2D eigenvalue weighted by Crippen LogP contribution is -1.92. The van der Waals surface area contributed by atoms with Crippen molar-refractivity contribution in [3.8, 4) is 11.4 Å². The average molecular weight is 334 g/mol. The van der Waals surface area contributed by atoms with Crippen LogP contribution in [-0.4, -0.2) is 9.55 Å². The van der Waals surface area contributed by atoms with Crippen LogP contribution in [0.1, 0.15) is 0 Å². The van der Waals surface area contributed by atoms with E-state index in [-0.39, 0.29) is 0 Å². The van der Waals surface area contributed by atoms with E-state index in [1.807, 2.05) is 18.2 Å². The van der Waals surface area contributed by atoms with Crippen molar-refractivity contribution in [3.05, 3.63) is 52.1 Å². The summed E-state index contributed by atoms with van der Waals surface area (Å²) in [6.07, 6.45) is 0. The van der Waals surface area contributed by atoms with Crippen LogP contribution >= 0.6 is 22.6 Å². The lowest BCUT2D eigenvalue weighted by atomic mass is 10.2. The number of fused-ring (bicyclic) bond motifs is 1. The van der Waals surface area contributed by atoms with Gasteiger partial charge in [-0.25, -0.2) is 4.98 Å². The van der Waals surface area contributed by atoms with Crippen LogP contribution in [-0.2, 0) is 7.05 Å². The summed E-state index contributed by atoms with van der Waals surface area (Å²) in [6.45, 7) is 0. The van der Waals surface area contributed by atoms with Crippen LogP contribution in [0.25, 0.3) is 22.4 Å². The highest BCUT2D eigenvalue weighted by Crippen LogP contribution is 2.24. The molecule has 84 valence electrons. The first-order chi connectivity index (χ1) is 8.25. The first kappa shape index (κ1) is 10.8. The fourth-order valence-corrected chi connectivity index (χ4v) is 2.57. The van der Waals surface area contributed by atoms with Crippen LogP contribution < -0.4 is 0 Å². The number of aryl methyl sites for hydroxylation is 1. The van der Waals surface area contributed by atoms with E-state index in [1.165, 1.54) is 9.09 Å². The number of nitrogens with zero attached hydrogens (tertiary/aromatic N) is 2. The van der Waals surface area contributed by atoms with Gasteiger partial charge in [0.05, 0.1) is 11.0 Å². The van der Waals surface area contributed by atoms with Gasteiger partial charge in [0.2, 0.25) is 0 Å². The molecule has 0 amide bonds. The minimum atomic E-state index is 1.02. The van der Waals surface area contributed by atoms with Gasteiger partial charge in [-0.15, -0.1) is 0 Å². The first-order valence-electron chi connectivity index (χ1n) is 5.43. The third kappa shape index (κ3) is 1.84. The highest BCUT2D eigenvalue weighted by molar-refractivity contribution is 14.1. The fourth-order valence-electron chi connectivity index (χ4n) is 2.03. The molecule has 0 bridgehead atoms. The molecular weight excluding hydrogens is 323 g/mol. The Bertz CT molecular complexity index is 686. The molecule has 0 atom stereocenters. The summed E-state index contributed by atoms with van der Waals surface area (Å²) in [5, 5.41) is 0. The molecule has 0 saturated carbocycles. The Kier molecular flexibility index (Phi) is 2.63. The molecule has 3 rings (SSSR count). The van der Waals surface area contributed by atoms with Gasteiger partial charge in [0, 0.05) is 16.2 Å². The summed E-state index contributed by atoms with van der Waals surface area (Å²) in [5.74, 6) is 1.02. The van der Waals surface area contributed by atoms with E-state index in [0.717, 1.165) is 16.9 Å². The number of halogens is 1. The minimum absolute atomic E-state index is 1.02. The van der Waals surface area contributed by atoms with Crippen LogP contribution in [0.15, 0.2) is 48.5 Å². The molecule has 1 heterocycles. The van der Waals surface area contributed by atoms with Gasteiger partial charge in [-0.3, -0.25) is 0 Å².